The summed E-state index contributed by atoms with van der Waals surface area (Å²) in [7, 11) is 0. The van der Waals surface area contributed by atoms with Crippen molar-refractivity contribution in [2.24, 2.45) is 5.41 Å². The molecule has 4 heteroatoms. The molecule has 1 fully saturated rings. The molecule has 1 aromatic heterocycles. The molecule has 1 aliphatic heterocycles. The SMILES string of the molecule is CCCC1(C(=O)O)CCN(Cc2ccco2)C1. The van der Waals surface area contributed by atoms with E-state index in [2.05, 4.69) is 4.90 Å². The molecule has 0 radical (unpaired) electrons. The Morgan fingerprint density at radius 1 is 1.65 bits per heavy atom. The minimum Gasteiger partial charge on any atom is -0.481 e. The molecular weight excluding hydrogens is 218 g/mol. The van der Waals surface area contributed by atoms with E-state index < -0.39 is 11.4 Å². The van der Waals surface area contributed by atoms with Gasteiger partial charge in [-0.25, -0.2) is 0 Å². The van der Waals surface area contributed by atoms with Gasteiger partial charge in [0.1, 0.15) is 5.76 Å². The van der Waals surface area contributed by atoms with Crippen LogP contribution in [-0.2, 0) is 11.3 Å². The Balaban J connectivity index is 1.99. The first kappa shape index (κ1) is 12.2. The van der Waals surface area contributed by atoms with Crippen LogP contribution in [0.4, 0.5) is 0 Å². The number of likely N-dealkylation sites (tertiary alicyclic amines) is 1. The molecule has 0 aliphatic carbocycles. The highest BCUT2D eigenvalue weighted by Crippen LogP contribution is 2.36. The summed E-state index contributed by atoms with van der Waals surface area (Å²) in [5.41, 5.74) is -0.540. The van der Waals surface area contributed by atoms with Crippen LogP contribution in [0.5, 0.6) is 0 Å². The number of hydrogen-bond donors (Lipinski definition) is 1. The second-order valence-electron chi connectivity index (χ2n) is 4.88. The van der Waals surface area contributed by atoms with Crippen molar-refractivity contribution in [1.29, 1.82) is 0 Å². The largest absolute Gasteiger partial charge is 0.481 e. The molecule has 17 heavy (non-hydrogen) atoms. The number of furan rings is 1. The van der Waals surface area contributed by atoms with E-state index in [1.807, 2.05) is 19.1 Å². The number of hydrogen-bond acceptors (Lipinski definition) is 3. The lowest BCUT2D eigenvalue weighted by Gasteiger charge is -2.23. The van der Waals surface area contributed by atoms with E-state index in [4.69, 9.17) is 4.42 Å². The maximum absolute atomic E-state index is 11.4. The molecule has 1 saturated heterocycles. The van der Waals surface area contributed by atoms with Crippen LogP contribution in [0.3, 0.4) is 0 Å². The molecule has 1 atom stereocenters. The molecule has 1 unspecified atom stereocenters. The summed E-state index contributed by atoms with van der Waals surface area (Å²) >= 11 is 0. The van der Waals surface area contributed by atoms with Crippen LogP contribution in [0, 0.1) is 5.41 Å². The highest BCUT2D eigenvalue weighted by molar-refractivity contribution is 5.75. The lowest BCUT2D eigenvalue weighted by Crippen LogP contribution is -2.34. The third kappa shape index (κ3) is 2.52. The first-order valence-corrected chi connectivity index (χ1v) is 6.14. The van der Waals surface area contributed by atoms with E-state index in [9.17, 15) is 9.90 Å². The van der Waals surface area contributed by atoms with Crippen LogP contribution in [0.15, 0.2) is 22.8 Å². The smallest absolute Gasteiger partial charge is 0.310 e. The van der Waals surface area contributed by atoms with Crippen molar-refractivity contribution in [1.82, 2.24) is 4.90 Å². The molecule has 4 nitrogen and oxygen atoms in total. The van der Waals surface area contributed by atoms with Gasteiger partial charge in [-0.1, -0.05) is 13.3 Å². The van der Waals surface area contributed by atoms with Gasteiger partial charge in [0.15, 0.2) is 0 Å². The minimum absolute atomic E-state index is 0.540. The zero-order valence-electron chi connectivity index (χ0n) is 10.2. The summed E-state index contributed by atoms with van der Waals surface area (Å²) in [6.07, 6.45) is 4.08. The van der Waals surface area contributed by atoms with Gasteiger partial charge < -0.3 is 9.52 Å². The Morgan fingerprint density at radius 2 is 2.47 bits per heavy atom. The van der Waals surface area contributed by atoms with Crippen LogP contribution in [0.25, 0.3) is 0 Å². The van der Waals surface area contributed by atoms with Crippen LogP contribution >= 0.6 is 0 Å². The quantitative estimate of drug-likeness (QED) is 0.854. The number of aliphatic carboxylic acids is 1. The maximum atomic E-state index is 11.4. The third-order valence-electron chi connectivity index (χ3n) is 3.57. The third-order valence-corrected chi connectivity index (χ3v) is 3.57. The highest BCUT2D eigenvalue weighted by Gasteiger charge is 2.43. The van der Waals surface area contributed by atoms with Crippen molar-refractivity contribution in [3.8, 4) is 0 Å². The standard InChI is InChI=1S/C13H19NO3/c1-2-5-13(12(15)16)6-7-14(10-13)9-11-4-3-8-17-11/h3-4,8H,2,5-7,9-10H2,1H3,(H,15,16). The van der Waals surface area contributed by atoms with Crippen molar-refractivity contribution in [3.63, 3.8) is 0 Å². The molecular formula is C13H19NO3. The molecule has 1 N–H and O–H groups in total. The van der Waals surface area contributed by atoms with E-state index >= 15 is 0 Å². The zero-order valence-corrected chi connectivity index (χ0v) is 10.2. The average Bonchev–Trinajstić information content (AvgIpc) is 2.90. The normalized spacial score (nSPS) is 25.2. The van der Waals surface area contributed by atoms with Crippen LogP contribution in [0.2, 0.25) is 0 Å². The van der Waals surface area contributed by atoms with Crippen molar-refractivity contribution in [2.45, 2.75) is 32.7 Å². The molecule has 2 rings (SSSR count). The topological polar surface area (TPSA) is 53.7 Å². The molecule has 94 valence electrons. The number of carbonyl (C=O) groups is 1. The minimum atomic E-state index is -0.652. The number of nitrogens with zero attached hydrogens (tertiary/aromatic N) is 1. The first-order chi connectivity index (χ1) is 8.16. The Kier molecular flexibility index (Phi) is 3.52. The van der Waals surface area contributed by atoms with Gasteiger partial charge in [0, 0.05) is 6.54 Å². The Hall–Kier alpha value is -1.29. The molecule has 0 saturated carbocycles. The van der Waals surface area contributed by atoms with Gasteiger partial charge in [-0.3, -0.25) is 9.69 Å². The highest BCUT2D eigenvalue weighted by atomic mass is 16.4. The van der Waals surface area contributed by atoms with Gasteiger partial charge >= 0.3 is 5.97 Å². The van der Waals surface area contributed by atoms with Crippen LogP contribution < -0.4 is 0 Å². The number of carboxylic acid groups (broad SMARTS) is 1. The lowest BCUT2D eigenvalue weighted by atomic mass is 9.83. The summed E-state index contributed by atoms with van der Waals surface area (Å²) < 4.78 is 5.29. The Morgan fingerprint density at radius 3 is 3.06 bits per heavy atom. The lowest BCUT2D eigenvalue weighted by molar-refractivity contribution is -0.148. The molecule has 0 spiro atoms. The number of rotatable bonds is 5. The van der Waals surface area contributed by atoms with Gasteiger partial charge in [0.25, 0.3) is 0 Å². The van der Waals surface area contributed by atoms with E-state index in [-0.39, 0.29) is 0 Å². The molecule has 0 amide bonds. The molecule has 0 bridgehead atoms. The monoisotopic (exact) mass is 237 g/mol. The van der Waals surface area contributed by atoms with Crippen LogP contribution in [-0.4, -0.2) is 29.1 Å². The fraction of sp³-hybridized carbons (Fsp3) is 0.615. The van der Waals surface area contributed by atoms with Crippen molar-refractivity contribution in [2.75, 3.05) is 13.1 Å². The van der Waals surface area contributed by atoms with E-state index in [1.165, 1.54) is 0 Å². The predicted molar refractivity (Wildman–Crippen MR) is 63.6 cm³/mol. The summed E-state index contributed by atoms with van der Waals surface area (Å²) in [5, 5.41) is 9.39. The van der Waals surface area contributed by atoms with E-state index in [0.29, 0.717) is 13.1 Å². The predicted octanol–water partition coefficient (Wildman–Crippen LogP) is 2.36. The fourth-order valence-corrected chi connectivity index (χ4v) is 2.68. The summed E-state index contributed by atoms with van der Waals surface area (Å²) in [4.78, 5) is 13.6. The van der Waals surface area contributed by atoms with Gasteiger partial charge in [0.05, 0.1) is 18.2 Å². The Bertz CT molecular complexity index is 374. The zero-order chi connectivity index (χ0) is 12.3. The Labute approximate surface area is 101 Å². The summed E-state index contributed by atoms with van der Waals surface area (Å²) in [5.74, 6) is 0.254. The maximum Gasteiger partial charge on any atom is 0.310 e. The fourth-order valence-electron chi connectivity index (χ4n) is 2.68. The second kappa shape index (κ2) is 4.92. The second-order valence-corrected chi connectivity index (χ2v) is 4.88. The van der Waals surface area contributed by atoms with E-state index in [0.717, 1.165) is 31.6 Å². The molecule has 1 aliphatic rings. The summed E-state index contributed by atoms with van der Waals surface area (Å²) in [6, 6.07) is 3.79. The van der Waals surface area contributed by atoms with Crippen molar-refractivity contribution < 1.29 is 14.3 Å². The number of carboxylic acids is 1. The van der Waals surface area contributed by atoms with Gasteiger partial charge in [-0.2, -0.15) is 0 Å². The van der Waals surface area contributed by atoms with E-state index in [1.54, 1.807) is 6.26 Å². The molecule has 0 aromatic carbocycles. The molecule has 1 aromatic rings. The first-order valence-electron chi connectivity index (χ1n) is 6.14. The molecule has 2 heterocycles. The van der Waals surface area contributed by atoms with Crippen molar-refractivity contribution >= 4 is 5.97 Å². The van der Waals surface area contributed by atoms with Crippen molar-refractivity contribution in [3.05, 3.63) is 24.2 Å². The summed E-state index contributed by atoms with van der Waals surface area (Å²) in [6.45, 7) is 4.23. The van der Waals surface area contributed by atoms with Gasteiger partial charge in [-0.05, 0) is 31.5 Å². The van der Waals surface area contributed by atoms with Gasteiger partial charge in [-0.15, -0.1) is 0 Å². The van der Waals surface area contributed by atoms with Crippen LogP contribution in [0.1, 0.15) is 31.9 Å². The average molecular weight is 237 g/mol. The van der Waals surface area contributed by atoms with Gasteiger partial charge in [0.2, 0.25) is 0 Å².